The maximum atomic E-state index is 12.8. The second-order valence-electron chi connectivity index (χ2n) is 6.53. The summed E-state index contributed by atoms with van der Waals surface area (Å²) in [7, 11) is -5.32. The first-order valence-electron chi connectivity index (χ1n) is 7.72. The second-order valence-corrected chi connectivity index (χ2v) is 10.5. The molecule has 2 bridgehead atoms. The van der Waals surface area contributed by atoms with Crippen LogP contribution in [0.15, 0.2) is 34.1 Å². The van der Waals surface area contributed by atoms with E-state index in [1.807, 2.05) is 0 Å². The molecule has 0 aromatic heterocycles. The summed E-state index contributed by atoms with van der Waals surface area (Å²) in [5, 5.41) is 3.50. The molecule has 2 heterocycles. The summed E-state index contributed by atoms with van der Waals surface area (Å²) < 4.78 is 50.0. The van der Waals surface area contributed by atoms with Crippen molar-refractivity contribution >= 4 is 32.3 Å². The van der Waals surface area contributed by atoms with E-state index in [1.165, 1.54) is 28.6 Å². The lowest BCUT2D eigenvalue weighted by Crippen LogP contribution is -2.48. The highest BCUT2D eigenvalue weighted by Crippen LogP contribution is 2.31. The summed E-state index contributed by atoms with van der Waals surface area (Å²) in [4.78, 5) is 0.261. The summed E-state index contributed by atoms with van der Waals surface area (Å²) in [6.07, 6.45) is 4.98. The predicted octanol–water partition coefficient (Wildman–Crippen LogP) is 1.42. The average molecular weight is 395 g/mol. The van der Waals surface area contributed by atoms with Crippen LogP contribution in [0.2, 0.25) is 0 Å². The van der Waals surface area contributed by atoms with Gasteiger partial charge in [0, 0.05) is 31.4 Å². The Balaban J connectivity index is 0.00000208. The van der Waals surface area contributed by atoms with Crippen molar-refractivity contribution in [3.8, 4) is 0 Å². The Morgan fingerprint density at radius 1 is 0.958 bits per heavy atom. The van der Waals surface area contributed by atoms with Gasteiger partial charge in [-0.25, -0.2) is 16.8 Å². The number of piperidine rings is 1. The maximum absolute atomic E-state index is 12.8. The first-order valence-corrected chi connectivity index (χ1v) is 11.1. The van der Waals surface area contributed by atoms with Crippen molar-refractivity contribution in [3.63, 3.8) is 0 Å². The molecule has 0 radical (unpaired) electrons. The van der Waals surface area contributed by atoms with Crippen molar-refractivity contribution in [2.75, 3.05) is 13.3 Å². The summed E-state index contributed by atoms with van der Waals surface area (Å²) in [6.45, 7) is 0. The van der Waals surface area contributed by atoms with Crippen molar-refractivity contribution in [1.82, 2.24) is 9.62 Å². The van der Waals surface area contributed by atoms with E-state index in [9.17, 15) is 16.8 Å². The van der Waals surface area contributed by atoms with Crippen LogP contribution in [0.25, 0.3) is 0 Å². The lowest BCUT2D eigenvalue weighted by molar-refractivity contribution is 0.251. The molecule has 9 heteroatoms. The van der Waals surface area contributed by atoms with E-state index in [1.54, 1.807) is 7.05 Å². The van der Waals surface area contributed by atoms with Crippen LogP contribution in [0.4, 0.5) is 0 Å². The maximum Gasteiger partial charge on any atom is 0.243 e. The molecule has 3 rings (SSSR count). The summed E-state index contributed by atoms with van der Waals surface area (Å²) in [6, 6.07) is 6.25. The Morgan fingerprint density at radius 3 is 1.88 bits per heavy atom. The summed E-state index contributed by atoms with van der Waals surface area (Å²) in [5.41, 5.74) is 0. The molecular weight excluding hydrogens is 372 g/mol. The van der Waals surface area contributed by atoms with Crippen LogP contribution in [0.3, 0.4) is 0 Å². The largest absolute Gasteiger partial charge is 0.311 e. The van der Waals surface area contributed by atoms with Gasteiger partial charge >= 0.3 is 0 Å². The zero-order valence-electron chi connectivity index (χ0n) is 13.7. The summed E-state index contributed by atoms with van der Waals surface area (Å²) in [5.74, 6) is 0. The first-order chi connectivity index (χ1) is 10.7. The first kappa shape index (κ1) is 19.7. The molecule has 2 atom stereocenters. The molecule has 0 saturated carbocycles. The third kappa shape index (κ3) is 3.77. The summed E-state index contributed by atoms with van der Waals surface area (Å²) >= 11 is 0. The molecule has 2 aliphatic heterocycles. The second kappa shape index (κ2) is 6.92. The Hall–Kier alpha value is -0.670. The fourth-order valence-corrected chi connectivity index (χ4v) is 5.55. The van der Waals surface area contributed by atoms with Crippen LogP contribution in [-0.4, -0.2) is 52.6 Å². The molecule has 2 aliphatic rings. The Morgan fingerprint density at radius 2 is 1.42 bits per heavy atom. The Bertz CT molecular complexity index is 781. The van der Waals surface area contributed by atoms with Gasteiger partial charge in [0.25, 0.3) is 0 Å². The van der Waals surface area contributed by atoms with Gasteiger partial charge in [0.15, 0.2) is 9.84 Å². The molecular formula is C15H23ClN2O4S2. The fourth-order valence-electron chi connectivity index (χ4n) is 3.55. The van der Waals surface area contributed by atoms with Crippen molar-refractivity contribution in [2.24, 2.45) is 0 Å². The standard InChI is InChI=1S/C15H22N2O4S2.ClH/c1-17(13-9-11-3-4-12(10-13)16-11)23(20,21)15-7-5-14(6-8-15)22(2,18)19;/h5-8,11-13,16H,3-4,9-10H2,1-2H3;1H. The quantitative estimate of drug-likeness (QED) is 0.834. The molecule has 0 aliphatic carbocycles. The van der Waals surface area contributed by atoms with Crippen LogP contribution in [0, 0.1) is 0 Å². The molecule has 136 valence electrons. The third-order valence-electron chi connectivity index (χ3n) is 4.89. The molecule has 1 aromatic rings. The highest BCUT2D eigenvalue weighted by molar-refractivity contribution is 7.90. The molecule has 1 aromatic carbocycles. The molecule has 0 amide bonds. The van der Waals surface area contributed by atoms with Gasteiger partial charge < -0.3 is 5.32 Å². The van der Waals surface area contributed by atoms with Crippen LogP contribution in [0.5, 0.6) is 0 Å². The van der Waals surface area contributed by atoms with Crippen LogP contribution < -0.4 is 5.32 Å². The Labute approximate surface area is 150 Å². The number of sulfone groups is 1. The van der Waals surface area contributed by atoms with Gasteiger partial charge in [-0.3, -0.25) is 0 Å². The predicted molar refractivity (Wildman–Crippen MR) is 94.7 cm³/mol. The topological polar surface area (TPSA) is 83.6 Å². The van der Waals surface area contributed by atoms with Crippen LogP contribution >= 0.6 is 12.4 Å². The third-order valence-corrected chi connectivity index (χ3v) is 7.94. The number of fused-ring (bicyclic) bond motifs is 2. The lowest BCUT2D eigenvalue weighted by Gasteiger charge is -2.34. The monoisotopic (exact) mass is 394 g/mol. The van der Waals surface area contributed by atoms with Gasteiger partial charge in [-0.1, -0.05) is 0 Å². The van der Waals surface area contributed by atoms with Crippen molar-refractivity contribution < 1.29 is 16.8 Å². The van der Waals surface area contributed by atoms with Gasteiger partial charge in [0.2, 0.25) is 10.0 Å². The Kier molecular flexibility index (Phi) is 5.66. The van der Waals surface area contributed by atoms with Crippen molar-refractivity contribution in [3.05, 3.63) is 24.3 Å². The van der Waals surface area contributed by atoms with Gasteiger partial charge in [0.05, 0.1) is 9.79 Å². The van der Waals surface area contributed by atoms with E-state index in [4.69, 9.17) is 0 Å². The number of halogens is 1. The minimum Gasteiger partial charge on any atom is -0.311 e. The van der Waals surface area contributed by atoms with E-state index in [-0.39, 0.29) is 28.2 Å². The number of nitrogens with one attached hydrogen (secondary N) is 1. The highest BCUT2D eigenvalue weighted by atomic mass is 35.5. The van der Waals surface area contributed by atoms with Crippen molar-refractivity contribution in [2.45, 2.75) is 53.6 Å². The lowest BCUT2D eigenvalue weighted by atomic mass is 10.0. The number of hydrogen-bond donors (Lipinski definition) is 1. The smallest absolute Gasteiger partial charge is 0.243 e. The number of benzene rings is 1. The minimum atomic E-state index is -3.61. The molecule has 6 nitrogen and oxygen atoms in total. The zero-order chi connectivity index (χ0) is 16.8. The SMILES string of the molecule is CN(C1CC2CCC(C1)N2)S(=O)(=O)c1ccc(S(C)(=O)=O)cc1.Cl. The fraction of sp³-hybridized carbons (Fsp3) is 0.600. The van der Waals surface area contributed by atoms with E-state index in [0.29, 0.717) is 12.1 Å². The number of rotatable bonds is 4. The number of nitrogens with zero attached hydrogens (tertiary/aromatic N) is 1. The van der Waals surface area contributed by atoms with Crippen LogP contribution in [0.1, 0.15) is 25.7 Å². The normalized spacial score (nSPS) is 27.0. The van der Waals surface area contributed by atoms with E-state index in [2.05, 4.69) is 5.32 Å². The molecule has 24 heavy (non-hydrogen) atoms. The van der Waals surface area contributed by atoms with Crippen LogP contribution in [-0.2, 0) is 19.9 Å². The van der Waals surface area contributed by atoms with Gasteiger partial charge in [-0.15, -0.1) is 12.4 Å². The number of hydrogen-bond acceptors (Lipinski definition) is 5. The number of sulfonamides is 1. The molecule has 2 saturated heterocycles. The molecule has 2 fully saturated rings. The minimum absolute atomic E-state index is 0. The van der Waals surface area contributed by atoms with E-state index >= 15 is 0 Å². The molecule has 2 unspecified atom stereocenters. The zero-order valence-corrected chi connectivity index (χ0v) is 16.1. The average Bonchev–Trinajstić information content (AvgIpc) is 2.84. The van der Waals surface area contributed by atoms with Gasteiger partial charge in [-0.05, 0) is 49.9 Å². The van der Waals surface area contributed by atoms with E-state index in [0.717, 1.165) is 31.9 Å². The van der Waals surface area contributed by atoms with Crippen molar-refractivity contribution in [1.29, 1.82) is 0 Å². The van der Waals surface area contributed by atoms with E-state index < -0.39 is 19.9 Å². The highest BCUT2D eigenvalue weighted by Gasteiger charge is 2.38. The van der Waals surface area contributed by atoms with Gasteiger partial charge in [0.1, 0.15) is 0 Å². The molecule has 1 N–H and O–H groups in total. The van der Waals surface area contributed by atoms with Gasteiger partial charge in [-0.2, -0.15) is 4.31 Å². The molecule has 0 spiro atoms.